The van der Waals surface area contributed by atoms with Gasteiger partial charge in [-0.15, -0.1) is 12.8 Å². The molecule has 0 aliphatic carbocycles. The molecule has 0 fully saturated rings. The minimum Gasteiger partial charge on any atom is -0.368 e. The third-order valence-corrected chi connectivity index (χ3v) is 5.12. The number of rotatable bonds is 5. The summed E-state index contributed by atoms with van der Waals surface area (Å²) in [5.74, 6) is -2.48. The molecule has 35 heavy (non-hydrogen) atoms. The lowest BCUT2D eigenvalue weighted by Crippen LogP contribution is -2.42. The lowest BCUT2D eigenvalue weighted by molar-refractivity contribution is -0.131. The fourth-order valence-electron chi connectivity index (χ4n) is 3.30. The van der Waals surface area contributed by atoms with Crippen LogP contribution in [-0.4, -0.2) is 35.7 Å². The molecule has 186 valence electrons. The number of carbonyl (C=O) groups is 3. The minimum absolute atomic E-state index is 0.0917. The predicted molar refractivity (Wildman–Crippen MR) is 132 cm³/mol. The first-order valence-corrected chi connectivity index (χ1v) is 11.0. The van der Waals surface area contributed by atoms with E-state index in [-0.39, 0.29) is 23.9 Å². The lowest BCUT2D eigenvalue weighted by atomic mass is 10.0. The Kier molecular flexibility index (Phi) is 12.5. The number of nitrogens with two attached hydrogens (primary N) is 1. The van der Waals surface area contributed by atoms with E-state index in [1.807, 2.05) is 30.1 Å². The van der Waals surface area contributed by atoms with E-state index in [9.17, 15) is 23.2 Å². The third kappa shape index (κ3) is 10.2. The second-order valence-corrected chi connectivity index (χ2v) is 7.83. The van der Waals surface area contributed by atoms with Crippen molar-refractivity contribution in [3.8, 4) is 12.8 Å². The molecule has 3 amide bonds. The summed E-state index contributed by atoms with van der Waals surface area (Å²) >= 11 is 0. The van der Waals surface area contributed by atoms with Crippen LogP contribution in [0.2, 0.25) is 0 Å². The minimum atomic E-state index is -0.819. The highest BCUT2D eigenvalue weighted by Gasteiger charge is 2.19. The number of hydrogen-bond donors (Lipinski definition) is 2. The van der Waals surface area contributed by atoms with Crippen molar-refractivity contribution in [2.24, 2.45) is 5.73 Å². The molecular weight excluding hydrogens is 452 g/mol. The van der Waals surface area contributed by atoms with E-state index in [1.165, 1.54) is 12.5 Å². The van der Waals surface area contributed by atoms with Crippen LogP contribution in [0.4, 0.5) is 8.78 Å². The van der Waals surface area contributed by atoms with E-state index in [0.29, 0.717) is 12.5 Å². The van der Waals surface area contributed by atoms with Crippen LogP contribution in [0.3, 0.4) is 0 Å². The van der Waals surface area contributed by atoms with Gasteiger partial charge in [0.25, 0.3) is 0 Å². The molecule has 0 spiro atoms. The first-order valence-electron chi connectivity index (χ1n) is 11.0. The lowest BCUT2D eigenvalue weighted by Gasteiger charge is -2.27. The van der Waals surface area contributed by atoms with Gasteiger partial charge in [-0.05, 0) is 43.0 Å². The van der Waals surface area contributed by atoms with Crippen molar-refractivity contribution < 1.29 is 23.2 Å². The van der Waals surface area contributed by atoms with Crippen molar-refractivity contribution in [1.82, 2.24) is 10.2 Å². The summed E-state index contributed by atoms with van der Waals surface area (Å²) in [4.78, 5) is 35.7. The second-order valence-electron chi connectivity index (χ2n) is 7.83. The molecule has 2 aromatic carbocycles. The molecule has 2 aromatic rings. The van der Waals surface area contributed by atoms with Crippen LogP contribution >= 0.6 is 0 Å². The molecule has 2 atom stereocenters. The Labute approximate surface area is 205 Å². The van der Waals surface area contributed by atoms with Gasteiger partial charge >= 0.3 is 0 Å². The zero-order valence-electron chi connectivity index (χ0n) is 19.9. The number of terminal acetylenes is 1. The fourth-order valence-corrected chi connectivity index (χ4v) is 3.30. The Balaban J connectivity index is 0.000000327. The SMILES string of the molecule is C#C.CC(NC(=O)Cc1cc(F)cc(F)c1)C(N)=O.CN1C(=O)CCC/C=C\[C@H]1c1ccccc1. The molecule has 6 nitrogen and oxygen atoms in total. The van der Waals surface area contributed by atoms with Crippen LogP contribution < -0.4 is 11.1 Å². The third-order valence-electron chi connectivity index (χ3n) is 5.12. The summed E-state index contributed by atoms with van der Waals surface area (Å²) in [6, 6.07) is 12.3. The van der Waals surface area contributed by atoms with Crippen LogP contribution in [0.15, 0.2) is 60.7 Å². The maximum absolute atomic E-state index is 12.8. The van der Waals surface area contributed by atoms with Gasteiger partial charge in [-0.25, -0.2) is 8.78 Å². The molecule has 1 unspecified atom stereocenters. The van der Waals surface area contributed by atoms with Gasteiger partial charge in [-0.3, -0.25) is 14.4 Å². The number of nitrogens with zero attached hydrogens (tertiary/aromatic N) is 1. The smallest absolute Gasteiger partial charge is 0.239 e. The van der Waals surface area contributed by atoms with Gasteiger partial charge in [0.2, 0.25) is 17.7 Å². The van der Waals surface area contributed by atoms with E-state index < -0.39 is 29.5 Å². The molecule has 3 N–H and O–H groups in total. The molecule has 0 saturated heterocycles. The highest BCUT2D eigenvalue weighted by Crippen LogP contribution is 2.24. The van der Waals surface area contributed by atoms with E-state index in [2.05, 4.69) is 42.4 Å². The molecule has 0 radical (unpaired) electrons. The zero-order chi connectivity index (χ0) is 26.4. The molecular formula is C27H31F2N3O3. The summed E-state index contributed by atoms with van der Waals surface area (Å²) in [6.45, 7) is 1.42. The van der Waals surface area contributed by atoms with Crippen LogP contribution in [0, 0.1) is 24.5 Å². The Morgan fingerprint density at radius 2 is 1.74 bits per heavy atom. The van der Waals surface area contributed by atoms with Gasteiger partial charge in [0.05, 0.1) is 12.5 Å². The van der Waals surface area contributed by atoms with E-state index in [0.717, 1.165) is 25.0 Å². The number of benzene rings is 2. The largest absolute Gasteiger partial charge is 0.368 e. The van der Waals surface area contributed by atoms with Crippen LogP contribution in [-0.2, 0) is 20.8 Å². The molecule has 3 rings (SSSR count). The zero-order valence-corrected chi connectivity index (χ0v) is 19.9. The first kappa shape index (κ1) is 29.0. The Hall–Kier alpha value is -3.99. The van der Waals surface area contributed by atoms with Gasteiger partial charge in [-0.1, -0.05) is 42.5 Å². The predicted octanol–water partition coefficient (Wildman–Crippen LogP) is 3.67. The highest BCUT2D eigenvalue weighted by molar-refractivity contribution is 5.87. The average molecular weight is 484 g/mol. The van der Waals surface area contributed by atoms with Crippen molar-refractivity contribution in [2.45, 2.75) is 44.7 Å². The van der Waals surface area contributed by atoms with Crippen molar-refractivity contribution in [3.63, 3.8) is 0 Å². The number of likely N-dealkylation sites (N-methyl/N-ethyl adjacent to an activating group) is 1. The quantitative estimate of drug-likeness (QED) is 0.502. The number of allylic oxidation sites excluding steroid dienone is 1. The topological polar surface area (TPSA) is 92.5 Å². The fraction of sp³-hybridized carbons (Fsp3) is 0.296. The number of carbonyl (C=O) groups excluding carboxylic acids is 3. The number of amides is 3. The van der Waals surface area contributed by atoms with E-state index in [4.69, 9.17) is 5.73 Å². The molecule has 0 saturated carbocycles. The summed E-state index contributed by atoms with van der Waals surface area (Å²) < 4.78 is 25.6. The summed E-state index contributed by atoms with van der Waals surface area (Å²) in [5.41, 5.74) is 6.32. The average Bonchev–Trinajstić information content (AvgIpc) is 2.81. The Morgan fingerprint density at radius 3 is 2.31 bits per heavy atom. The second kappa shape index (κ2) is 15.0. The number of nitrogens with one attached hydrogen (secondary N) is 1. The number of hydrogen-bond acceptors (Lipinski definition) is 3. The number of primary amides is 1. The normalized spacial score (nSPS) is 16.7. The summed E-state index contributed by atoms with van der Waals surface area (Å²) in [5, 5.41) is 2.31. The molecule has 0 bridgehead atoms. The van der Waals surface area contributed by atoms with E-state index in [1.54, 1.807) is 0 Å². The van der Waals surface area contributed by atoms with Gasteiger partial charge in [0, 0.05) is 19.5 Å². The van der Waals surface area contributed by atoms with Crippen molar-refractivity contribution in [1.29, 1.82) is 0 Å². The van der Waals surface area contributed by atoms with Crippen molar-refractivity contribution >= 4 is 17.7 Å². The van der Waals surface area contributed by atoms with Crippen LogP contribution in [0.5, 0.6) is 0 Å². The maximum Gasteiger partial charge on any atom is 0.239 e. The Morgan fingerprint density at radius 1 is 1.14 bits per heavy atom. The van der Waals surface area contributed by atoms with Gasteiger partial charge in [0.1, 0.15) is 17.7 Å². The monoisotopic (exact) mass is 483 g/mol. The van der Waals surface area contributed by atoms with Crippen molar-refractivity contribution in [2.75, 3.05) is 7.05 Å². The van der Waals surface area contributed by atoms with Gasteiger partial charge in [-0.2, -0.15) is 0 Å². The highest BCUT2D eigenvalue weighted by atomic mass is 19.1. The molecule has 1 aliphatic heterocycles. The molecule has 0 aromatic heterocycles. The number of halogens is 2. The molecule has 8 heteroatoms. The standard InChI is InChI=1S/C14H17NO.C11H12F2N2O2.C2H2/c1-15-13(12-8-4-2-5-9-12)10-6-3-7-11-14(15)16;1-6(11(14)17)15-10(16)4-7-2-8(12)5-9(13)3-7;1-2/h2,4-6,8-10,13H,3,7,11H2,1H3;2-3,5-6H,4H2,1H3,(H2,14,17)(H,15,16);1-2H/b10-6-;;/t13-;;/m0../s1. The maximum atomic E-state index is 12.8. The molecule has 1 aliphatic rings. The van der Waals surface area contributed by atoms with Crippen LogP contribution in [0.25, 0.3) is 0 Å². The summed E-state index contributed by atoms with van der Waals surface area (Å²) in [6.07, 6.45) is 14.7. The summed E-state index contributed by atoms with van der Waals surface area (Å²) in [7, 11) is 1.88. The van der Waals surface area contributed by atoms with Gasteiger partial charge < -0.3 is 16.0 Å². The van der Waals surface area contributed by atoms with Crippen molar-refractivity contribution in [3.05, 3.63) is 83.4 Å². The molecule has 1 heterocycles. The van der Waals surface area contributed by atoms with Crippen LogP contribution in [0.1, 0.15) is 43.4 Å². The van der Waals surface area contributed by atoms with E-state index >= 15 is 0 Å². The first-order chi connectivity index (χ1) is 16.7. The Bertz CT molecular complexity index is 1020. The van der Waals surface area contributed by atoms with Gasteiger partial charge in [0.15, 0.2) is 0 Å².